The summed E-state index contributed by atoms with van der Waals surface area (Å²) < 4.78 is 18.2. The van der Waals surface area contributed by atoms with Crippen LogP contribution in [0.3, 0.4) is 0 Å². The van der Waals surface area contributed by atoms with Crippen molar-refractivity contribution >= 4 is 11.9 Å². The number of piperidine rings is 3. The van der Waals surface area contributed by atoms with Crippen LogP contribution in [0.2, 0.25) is 0 Å². The van der Waals surface area contributed by atoms with Crippen LogP contribution in [0.5, 0.6) is 11.5 Å². The summed E-state index contributed by atoms with van der Waals surface area (Å²) in [5.74, 6) is 2.51. The Bertz CT molecular complexity index is 1090. The molecule has 1 atom stereocenters. The molecule has 3 saturated heterocycles. The number of aromatic nitrogens is 2. The predicted octanol–water partition coefficient (Wildman–Crippen LogP) is 5.12. The van der Waals surface area contributed by atoms with Gasteiger partial charge in [0.15, 0.2) is 11.6 Å². The van der Waals surface area contributed by atoms with Gasteiger partial charge >= 0.3 is 6.09 Å². The van der Waals surface area contributed by atoms with E-state index in [0.717, 1.165) is 82.8 Å². The summed E-state index contributed by atoms with van der Waals surface area (Å²) in [5, 5.41) is 12.0. The van der Waals surface area contributed by atoms with Crippen LogP contribution in [0.15, 0.2) is 36.5 Å². The van der Waals surface area contributed by atoms with E-state index < -0.39 is 5.60 Å². The summed E-state index contributed by atoms with van der Waals surface area (Å²) in [7, 11) is 0. The highest BCUT2D eigenvalue weighted by molar-refractivity contribution is 5.68. The Hall–Kier alpha value is -2.91. The van der Waals surface area contributed by atoms with Crippen LogP contribution in [0.1, 0.15) is 70.8 Å². The Kier molecular flexibility index (Phi) is 8.87. The number of carbonyl (C=O) groups is 1. The van der Waals surface area contributed by atoms with Crippen molar-refractivity contribution in [2.24, 2.45) is 0 Å². The maximum atomic E-state index is 12.6. The highest BCUT2D eigenvalue weighted by Gasteiger charge is 2.29. The van der Waals surface area contributed by atoms with Gasteiger partial charge in [-0.15, -0.1) is 5.10 Å². The molecule has 39 heavy (non-hydrogen) atoms. The Labute approximate surface area is 232 Å². The van der Waals surface area contributed by atoms with Crippen LogP contribution in [0, 0.1) is 0 Å². The normalized spacial score (nSPS) is 21.6. The molecule has 5 rings (SSSR count). The lowest BCUT2D eigenvalue weighted by atomic mass is 9.90. The molecular weight excluding hydrogens is 494 g/mol. The highest BCUT2D eigenvalue weighted by Crippen LogP contribution is 2.32. The number of ether oxygens (including phenoxy) is 3. The molecule has 3 fully saturated rings. The summed E-state index contributed by atoms with van der Waals surface area (Å²) in [6, 6.07) is 10.1. The van der Waals surface area contributed by atoms with Gasteiger partial charge in [-0.25, -0.2) is 4.79 Å². The second-order valence-corrected chi connectivity index (χ2v) is 12.0. The number of nitrogens with one attached hydrogen (secondary N) is 1. The molecule has 0 aliphatic carbocycles. The summed E-state index contributed by atoms with van der Waals surface area (Å²) in [5.41, 5.74) is 0.671. The van der Waals surface area contributed by atoms with Crippen molar-refractivity contribution < 1.29 is 19.0 Å². The molecule has 3 aliphatic rings. The van der Waals surface area contributed by atoms with E-state index in [-0.39, 0.29) is 12.0 Å². The second-order valence-electron chi connectivity index (χ2n) is 12.0. The van der Waals surface area contributed by atoms with Gasteiger partial charge in [0, 0.05) is 38.2 Å². The maximum absolute atomic E-state index is 12.6. The van der Waals surface area contributed by atoms with E-state index in [1.165, 1.54) is 5.56 Å². The van der Waals surface area contributed by atoms with Crippen molar-refractivity contribution in [2.75, 3.05) is 44.2 Å². The molecule has 1 N–H and O–H groups in total. The first kappa shape index (κ1) is 27.6. The Morgan fingerprint density at radius 2 is 1.74 bits per heavy atom. The molecule has 1 unspecified atom stereocenters. The summed E-state index contributed by atoms with van der Waals surface area (Å²) >= 11 is 0. The van der Waals surface area contributed by atoms with E-state index in [1.54, 1.807) is 6.20 Å². The van der Waals surface area contributed by atoms with Gasteiger partial charge in [0.05, 0.1) is 18.4 Å². The third-order valence-electron chi connectivity index (χ3n) is 7.69. The maximum Gasteiger partial charge on any atom is 0.410 e. The van der Waals surface area contributed by atoms with Crippen LogP contribution in [-0.2, 0) is 9.47 Å². The van der Waals surface area contributed by atoms with Crippen LogP contribution in [0.25, 0.3) is 0 Å². The molecule has 3 aliphatic heterocycles. The lowest BCUT2D eigenvalue weighted by Gasteiger charge is -2.35. The van der Waals surface area contributed by atoms with Gasteiger partial charge in [0.1, 0.15) is 11.4 Å². The van der Waals surface area contributed by atoms with Crippen molar-refractivity contribution in [1.82, 2.24) is 20.4 Å². The molecule has 4 heterocycles. The van der Waals surface area contributed by atoms with Gasteiger partial charge in [-0.05, 0) is 90.1 Å². The minimum atomic E-state index is -0.494. The second kappa shape index (κ2) is 12.5. The van der Waals surface area contributed by atoms with E-state index in [0.29, 0.717) is 24.5 Å². The van der Waals surface area contributed by atoms with E-state index in [2.05, 4.69) is 32.5 Å². The molecule has 0 bridgehead atoms. The lowest BCUT2D eigenvalue weighted by molar-refractivity contribution is -0.0364. The van der Waals surface area contributed by atoms with Crippen molar-refractivity contribution in [1.29, 1.82) is 0 Å². The fourth-order valence-corrected chi connectivity index (χ4v) is 5.68. The predicted molar refractivity (Wildman–Crippen MR) is 151 cm³/mol. The third kappa shape index (κ3) is 7.82. The number of benzene rings is 1. The van der Waals surface area contributed by atoms with Crippen LogP contribution >= 0.6 is 0 Å². The highest BCUT2D eigenvalue weighted by atomic mass is 16.6. The van der Waals surface area contributed by atoms with Crippen molar-refractivity contribution in [3.8, 4) is 11.5 Å². The molecule has 1 aromatic heterocycles. The van der Waals surface area contributed by atoms with Crippen molar-refractivity contribution in [3.05, 3.63) is 42.1 Å². The number of anilines is 1. The fraction of sp³-hybridized carbons (Fsp3) is 0.633. The molecule has 0 spiro atoms. The third-order valence-corrected chi connectivity index (χ3v) is 7.69. The van der Waals surface area contributed by atoms with Crippen molar-refractivity contribution in [3.63, 3.8) is 0 Å². The quantitative estimate of drug-likeness (QED) is 0.543. The van der Waals surface area contributed by atoms with Gasteiger partial charge in [0.25, 0.3) is 0 Å². The summed E-state index contributed by atoms with van der Waals surface area (Å²) in [6.45, 7) is 11.0. The van der Waals surface area contributed by atoms with Gasteiger partial charge < -0.3 is 29.3 Å². The molecule has 0 radical (unpaired) electrons. The largest absolute Gasteiger partial charge is 0.456 e. The van der Waals surface area contributed by atoms with Crippen LogP contribution in [0.4, 0.5) is 10.6 Å². The standard InChI is InChI=1S/C30H43N5O4/c1-30(2,3)39-29(36)35-15-5-7-23(21-35)22-6-4-8-26(18-22)38-27-19-28(33-32-20-27)34-16-11-25(12-17-34)37-24-9-13-31-14-10-24/h4,6,8,18-20,23-25,31H,5,7,9-17,21H2,1-3H3. The first-order chi connectivity index (χ1) is 18.8. The van der Waals surface area contributed by atoms with Crippen LogP contribution in [-0.4, -0.2) is 78.3 Å². The van der Waals surface area contributed by atoms with Gasteiger partial charge in [-0.1, -0.05) is 12.1 Å². The lowest BCUT2D eigenvalue weighted by Crippen LogP contribution is -2.42. The van der Waals surface area contributed by atoms with E-state index in [1.807, 2.05) is 43.9 Å². The minimum absolute atomic E-state index is 0.239. The van der Waals surface area contributed by atoms with Gasteiger partial charge in [-0.2, -0.15) is 5.10 Å². The van der Waals surface area contributed by atoms with Crippen LogP contribution < -0.4 is 15.0 Å². The topological polar surface area (TPSA) is 89.0 Å². The number of hydrogen-bond acceptors (Lipinski definition) is 8. The number of rotatable bonds is 6. The van der Waals surface area contributed by atoms with Crippen molar-refractivity contribution in [2.45, 2.75) is 83.0 Å². The Morgan fingerprint density at radius 1 is 0.974 bits per heavy atom. The minimum Gasteiger partial charge on any atom is -0.456 e. The fourth-order valence-electron chi connectivity index (χ4n) is 5.68. The SMILES string of the molecule is CC(C)(C)OC(=O)N1CCCC(c2cccc(Oc3cnnc(N4CCC(OC5CCNCC5)CC4)c3)c2)C1. The monoisotopic (exact) mass is 537 g/mol. The zero-order valence-electron chi connectivity index (χ0n) is 23.6. The first-order valence-corrected chi connectivity index (χ1v) is 14.5. The molecule has 1 aromatic carbocycles. The van der Waals surface area contributed by atoms with E-state index in [9.17, 15) is 4.79 Å². The number of amides is 1. The summed E-state index contributed by atoms with van der Waals surface area (Å²) in [6.07, 6.45) is 8.33. The number of nitrogens with zero attached hydrogens (tertiary/aromatic N) is 4. The number of carbonyl (C=O) groups excluding carboxylic acids is 1. The molecule has 2 aromatic rings. The molecule has 9 nitrogen and oxygen atoms in total. The smallest absolute Gasteiger partial charge is 0.410 e. The Balaban J connectivity index is 1.17. The molecule has 9 heteroatoms. The van der Waals surface area contributed by atoms with E-state index in [4.69, 9.17) is 14.2 Å². The summed E-state index contributed by atoms with van der Waals surface area (Å²) in [4.78, 5) is 16.7. The molecular formula is C30H43N5O4. The zero-order valence-corrected chi connectivity index (χ0v) is 23.6. The molecule has 0 saturated carbocycles. The van der Waals surface area contributed by atoms with Gasteiger partial charge in [0.2, 0.25) is 0 Å². The zero-order chi connectivity index (χ0) is 27.2. The molecule has 1 amide bonds. The van der Waals surface area contributed by atoms with E-state index >= 15 is 0 Å². The van der Waals surface area contributed by atoms with Gasteiger partial charge in [-0.3, -0.25) is 0 Å². The average Bonchev–Trinajstić information content (AvgIpc) is 2.93. The number of likely N-dealkylation sites (tertiary alicyclic amines) is 1. The first-order valence-electron chi connectivity index (χ1n) is 14.5. The Morgan fingerprint density at radius 3 is 2.51 bits per heavy atom. The average molecular weight is 538 g/mol. The molecule has 212 valence electrons. The number of hydrogen-bond donors (Lipinski definition) is 1.